The maximum Gasteiger partial charge on any atom is 0.252 e. The normalized spacial score (nSPS) is 12.7. The standard InChI is InChI=1S/C122H86BN3O3/c1-121(2,3)100-73-95(85-44-30-42-80(64-85)75-32-12-7-13-33-75)117(114-93-49-25-28-52-111(93)128-119(100)114)125-106-62-56-87(91-47-23-22-46-90(91)79-40-20-11-21-41-79)69-103(106)123-102-59-58-89(124-104-60-54-82(77-36-16-9-17-37-77)66-97(104)98-67-83(55-61-105(98)124)78-38-18-10-19-39-78)72-107(102)126(109-71-88(70-108(125)116(109)123)84-57-63-113-99(68-84)92-48-24-27-51-110(92)127-113)118-96(86-45-31-43-81(65-86)76-34-14-8-15-35-76)74-101(122(4,5)6)120-115(118)94-50-26-29-53-112(94)129-120/h7-74H,1-6H3. The van der Waals surface area contributed by atoms with Crippen molar-refractivity contribution >= 4 is 145 Å². The van der Waals surface area contributed by atoms with Gasteiger partial charge in [0.05, 0.1) is 33.2 Å². The molecule has 2 aliphatic rings. The van der Waals surface area contributed by atoms with Crippen molar-refractivity contribution in [3.63, 3.8) is 0 Å². The maximum absolute atomic E-state index is 7.66. The Morgan fingerprint density at radius 1 is 0.225 bits per heavy atom. The van der Waals surface area contributed by atoms with Gasteiger partial charge in [-0.15, -0.1) is 0 Å². The molecule has 0 fully saturated rings. The molecule has 23 aromatic rings. The molecular weight excluding hydrogens is 1570 g/mol. The van der Waals surface area contributed by atoms with Crippen LogP contribution in [0, 0.1) is 0 Å². The number of nitrogens with zero attached hydrogens (tertiary/aromatic N) is 3. The Morgan fingerprint density at radius 2 is 0.605 bits per heavy atom. The predicted molar refractivity (Wildman–Crippen MR) is 543 cm³/mol. The zero-order valence-corrected chi connectivity index (χ0v) is 72.4. The number of hydrogen-bond acceptors (Lipinski definition) is 5. The Balaban J connectivity index is 0.876. The molecule has 0 spiro atoms. The number of benzene rings is 19. The third-order valence-electron chi connectivity index (χ3n) is 27.2. The number of aromatic nitrogens is 1. The van der Waals surface area contributed by atoms with Crippen molar-refractivity contribution in [1.29, 1.82) is 0 Å². The maximum atomic E-state index is 7.66. The molecule has 0 aliphatic carbocycles. The topological polar surface area (TPSA) is 50.8 Å². The van der Waals surface area contributed by atoms with Gasteiger partial charge < -0.3 is 27.6 Å². The molecule has 0 saturated heterocycles. The lowest BCUT2D eigenvalue weighted by Crippen LogP contribution is -2.61. The van der Waals surface area contributed by atoms with Gasteiger partial charge in [0.25, 0.3) is 6.71 Å². The van der Waals surface area contributed by atoms with Crippen LogP contribution in [-0.2, 0) is 10.8 Å². The first-order valence-corrected chi connectivity index (χ1v) is 44.9. The lowest BCUT2D eigenvalue weighted by Gasteiger charge is -2.46. The number of anilines is 6. The van der Waals surface area contributed by atoms with Crippen LogP contribution in [0.15, 0.2) is 426 Å². The van der Waals surface area contributed by atoms with E-state index in [1.807, 2.05) is 0 Å². The van der Waals surface area contributed by atoms with Gasteiger partial charge in [0.2, 0.25) is 0 Å². The predicted octanol–water partition coefficient (Wildman–Crippen LogP) is 32.2. The van der Waals surface area contributed by atoms with Crippen LogP contribution in [-0.4, -0.2) is 11.3 Å². The zero-order chi connectivity index (χ0) is 86.1. The number of furan rings is 3. The van der Waals surface area contributed by atoms with E-state index in [-0.39, 0.29) is 5.41 Å². The molecule has 610 valence electrons. The SMILES string of the molecule is CC(C)(C)c1cc(-c2cccc(-c3ccccc3)c2)c(N2c3ccc(-c4ccccc4-c4ccccc4)cc3B3c4ccc(-n5c6ccc(-c7ccccc7)cc6c6cc(-c7ccccc7)ccc65)cc4N(c4c(-c5cccc(-c6ccccc6)c5)cc(C(C)(C)C)c5oc6ccccc6c45)c4cc(-c5ccc6oc7ccccc7c6c5)cc2c43)c2c1oc1ccccc12. The molecule has 0 saturated carbocycles. The average Bonchev–Trinajstić information content (AvgIpc) is 1.53. The lowest BCUT2D eigenvalue weighted by atomic mass is 9.33. The summed E-state index contributed by atoms with van der Waals surface area (Å²) >= 11 is 0. The van der Waals surface area contributed by atoms with Gasteiger partial charge >= 0.3 is 0 Å². The molecule has 7 heteroatoms. The molecular formula is C122H86BN3O3. The highest BCUT2D eigenvalue weighted by molar-refractivity contribution is 7.00. The highest BCUT2D eigenvalue weighted by atomic mass is 16.3. The first kappa shape index (κ1) is 75.6. The van der Waals surface area contributed by atoms with Gasteiger partial charge in [-0.05, 0) is 225 Å². The van der Waals surface area contributed by atoms with Gasteiger partial charge in [0.15, 0.2) is 0 Å². The molecule has 4 aromatic heterocycles. The molecule has 6 nitrogen and oxygen atoms in total. The molecule has 0 radical (unpaired) electrons. The van der Waals surface area contributed by atoms with E-state index < -0.39 is 12.1 Å². The summed E-state index contributed by atoms with van der Waals surface area (Å²) in [5.41, 5.74) is 39.2. The Hall–Kier alpha value is -16.0. The smallest absolute Gasteiger partial charge is 0.252 e. The molecule has 129 heavy (non-hydrogen) atoms. The Bertz CT molecular complexity index is 8420. The van der Waals surface area contributed by atoms with Crippen LogP contribution in [0.4, 0.5) is 34.1 Å². The Labute approximate surface area is 749 Å². The van der Waals surface area contributed by atoms with Gasteiger partial charge in [-0.3, -0.25) is 0 Å². The molecule has 2 aliphatic heterocycles. The first-order chi connectivity index (χ1) is 63.2. The second-order valence-corrected chi connectivity index (χ2v) is 36.9. The zero-order valence-electron chi connectivity index (χ0n) is 72.4. The van der Waals surface area contributed by atoms with E-state index in [9.17, 15) is 0 Å². The minimum absolute atomic E-state index is 0.390. The Morgan fingerprint density at radius 3 is 1.11 bits per heavy atom. The van der Waals surface area contributed by atoms with Crippen molar-refractivity contribution in [3.05, 3.63) is 424 Å². The van der Waals surface area contributed by atoms with E-state index in [0.29, 0.717) is 0 Å². The molecule has 25 rings (SSSR count). The van der Waals surface area contributed by atoms with E-state index in [4.69, 9.17) is 13.3 Å². The largest absolute Gasteiger partial charge is 0.456 e. The quantitative estimate of drug-likeness (QED) is 0.114. The highest BCUT2D eigenvalue weighted by Crippen LogP contribution is 2.58. The number of para-hydroxylation sites is 3. The van der Waals surface area contributed by atoms with Gasteiger partial charge in [-0.2, -0.15) is 0 Å². The molecule has 19 aromatic carbocycles. The summed E-state index contributed by atoms with van der Waals surface area (Å²) in [4.78, 5) is 5.40. The molecule has 0 amide bonds. The van der Waals surface area contributed by atoms with Crippen molar-refractivity contribution in [2.75, 3.05) is 9.80 Å². The molecule has 0 unspecified atom stereocenters. The summed E-state index contributed by atoms with van der Waals surface area (Å²) < 4.78 is 24.6. The van der Waals surface area contributed by atoms with E-state index in [2.05, 4.69) is 468 Å². The molecule has 0 N–H and O–H groups in total. The summed E-state index contributed by atoms with van der Waals surface area (Å²) in [6, 6.07) is 154. The van der Waals surface area contributed by atoms with Crippen LogP contribution in [0.2, 0.25) is 0 Å². The summed E-state index contributed by atoms with van der Waals surface area (Å²) in [6.07, 6.45) is 0. The van der Waals surface area contributed by atoms with Crippen molar-refractivity contribution in [2.45, 2.75) is 52.4 Å². The van der Waals surface area contributed by atoms with Crippen LogP contribution in [0.5, 0.6) is 0 Å². The second-order valence-electron chi connectivity index (χ2n) is 36.9. The summed E-state index contributed by atoms with van der Waals surface area (Å²) in [6.45, 7) is 13.6. The average molecular weight is 1650 g/mol. The molecule has 6 heterocycles. The monoisotopic (exact) mass is 1650 g/mol. The van der Waals surface area contributed by atoms with Crippen LogP contribution in [0.3, 0.4) is 0 Å². The fourth-order valence-electron chi connectivity index (χ4n) is 21.2. The number of hydrogen-bond donors (Lipinski definition) is 0. The van der Waals surface area contributed by atoms with Crippen LogP contribution in [0.1, 0.15) is 52.7 Å². The lowest BCUT2D eigenvalue weighted by molar-refractivity contribution is 0.572. The van der Waals surface area contributed by atoms with Crippen LogP contribution >= 0.6 is 0 Å². The summed E-state index contributed by atoms with van der Waals surface area (Å²) in [7, 11) is 0. The number of rotatable bonds is 12. The molecule has 0 bridgehead atoms. The van der Waals surface area contributed by atoms with Gasteiger partial charge in [-0.1, -0.05) is 345 Å². The third kappa shape index (κ3) is 12.2. The fraction of sp³-hybridized carbons (Fsp3) is 0.0656. The minimum atomic E-state index is -0.426. The minimum Gasteiger partial charge on any atom is -0.456 e. The third-order valence-corrected chi connectivity index (χ3v) is 27.2. The van der Waals surface area contributed by atoms with E-state index in [1.54, 1.807) is 0 Å². The molecule has 0 atom stereocenters. The summed E-state index contributed by atoms with van der Waals surface area (Å²) in [5.74, 6) is 0. The van der Waals surface area contributed by atoms with E-state index >= 15 is 0 Å². The van der Waals surface area contributed by atoms with Gasteiger partial charge in [-0.25, -0.2) is 0 Å². The van der Waals surface area contributed by atoms with E-state index in [0.717, 1.165) is 255 Å². The van der Waals surface area contributed by atoms with E-state index in [1.165, 1.54) is 0 Å². The van der Waals surface area contributed by atoms with Crippen molar-refractivity contribution in [2.24, 2.45) is 0 Å². The fourth-order valence-corrected chi connectivity index (χ4v) is 21.2. The van der Waals surface area contributed by atoms with Crippen LogP contribution < -0.4 is 26.2 Å². The number of fused-ring (bicyclic) bond motifs is 16. The second kappa shape index (κ2) is 29.3. The van der Waals surface area contributed by atoms with Gasteiger partial charge in [0, 0.05) is 83.0 Å². The summed E-state index contributed by atoms with van der Waals surface area (Å²) in [5, 5.41) is 8.53. The van der Waals surface area contributed by atoms with Crippen LogP contribution in [0.25, 0.3) is 193 Å². The highest BCUT2D eigenvalue weighted by Gasteiger charge is 2.47. The first-order valence-electron chi connectivity index (χ1n) is 44.9. The van der Waals surface area contributed by atoms with Crippen molar-refractivity contribution in [3.8, 4) is 106 Å². The van der Waals surface area contributed by atoms with Crippen molar-refractivity contribution in [1.82, 2.24) is 4.57 Å². The van der Waals surface area contributed by atoms with Gasteiger partial charge in [0.1, 0.15) is 33.5 Å². The van der Waals surface area contributed by atoms with Crippen molar-refractivity contribution < 1.29 is 13.3 Å². The Kier molecular flexibility index (Phi) is 17.2.